The molecule has 7 nitrogen and oxygen atoms in total. The molecule has 0 unspecified atom stereocenters. The lowest BCUT2D eigenvalue weighted by molar-refractivity contribution is -0.253. The molecular formula is C40H41N3O4. The summed E-state index contributed by atoms with van der Waals surface area (Å²) in [5.41, 5.74) is 6.88. The molecule has 1 heterocycles. The number of hydrogen-bond donors (Lipinski definition) is 3. The van der Waals surface area contributed by atoms with Gasteiger partial charge in [-0.3, -0.25) is 4.90 Å². The van der Waals surface area contributed by atoms with Crippen LogP contribution >= 0.6 is 0 Å². The molecule has 5 aromatic rings. The Hall–Kier alpha value is -4.79. The molecule has 2 amide bonds. The van der Waals surface area contributed by atoms with Gasteiger partial charge in [0.25, 0.3) is 0 Å². The molecule has 0 radical (unpaired) electrons. The van der Waals surface area contributed by atoms with E-state index in [9.17, 15) is 9.90 Å². The van der Waals surface area contributed by atoms with Gasteiger partial charge in [-0.1, -0.05) is 127 Å². The van der Waals surface area contributed by atoms with Crippen LogP contribution in [0.2, 0.25) is 0 Å². The maximum Gasteiger partial charge on any atom is 0.319 e. The smallest absolute Gasteiger partial charge is 0.319 e. The molecular weight excluding hydrogens is 586 g/mol. The second-order valence-corrected chi connectivity index (χ2v) is 11.9. The Labute approximate surface area is 276 Å². The van der Waals surface area contributed by atoms with Crippen LogP contribution in [0.3, 0.4) is 0 Å². The lowest BCUT2D eigenvalue weighted by Crippen LogP contribution is -2.39. The first-order chi connectivity index (χ1) is 23.1. The molecule has 1 fully saturated rings. The van der Waals surface area contributed by atoms with Crippen LogP contribution in [0.15, 0.2) is 140 Å². The van der Waals surface area contributed by atoms with Crippen molar-refractivity contribution in [2.45, 2.75) is 51.2 Å². The maximum absolute atomic E-state index is 12.7. The van der Waals surface area contributed by atoms with E-state index in [1.54, 1.807) is 0 Å². The lowest BCUT2D eigenvalue weighted by Gasteiger charge is -2.38. The summed E-state index contributed by atoms with van der Waals surface area (Å²) in [6.07, 6.45) is -0.308. The van der Waals surface area contributed by atoms with Crippen molar-refractivity contribution in [3.05, 3.63) is 173 Å². The number of amides is 2. The predicted octanol–water partition coefficient (Wildman–Crippen LogP) is 7.75. The highest BCUT2D eigenvalue weighted by molar-refractivity contribution is 5.89. The van der Waals surface area contributed by atoms with E-state index in [-0.39, 0.29) is 24.8 Å². The van der Waals surface area contributed by atoms with Crippen molar-refractivity contribution < 1.29 is 19.4 Å². The molecule has 0 spiro atoms. The summed E-state index contributed by atoms with van der Waals surface area (Å²) in [5, 5.41) is 15.5. The van der Waals surface area contributed by atoms with Gasteiger partial charge < -0.3 is 25.2 Å². The second-order valence-electron chi connectivity index (χ2n) is 11.9. The van der Waals surface area contributed by atoms with Crippen molar-refractivity contribution in [3.63, 3.8) is 0 Å². The Balaban J connectivity index is 1.21. The highest BCUT2D eigenvalue weighted by Gasteiger charge is 2.33. The topological polar surface area (TPSA) is 83.1 Å². The van der Waals surface area contributed by atoms with E-state index in [1.807, 2.05) is 91.0 Å². The third kappa shape index (κ3) is 9.37. The van der Waals surface area contributed by atoms with Crippen molar-refractivity contribution in [3.8, 4) is 0 Å². The number of anilines is 1. The van der Waals surface area contributed by atoms with Crippen LogP contribution in [0.4, 0.5) is 10.5 Å². The molecule has 3 N–H and O–H groups in total. The number of ether oxygens (including phenoxy) is 2. The monoisotopic (exact) mass is 627 g/mol. The highest BCUT2D eigenvalue weighted by atomic mass is 16.7. The average molecular weight is 628 g/mol. The van der Waals surface area contributed by atoms with E-state index < -0.39 is 6.29 Å². The average Bonchev–Trinajstić information content (AvgIpc) is 3.12. The first-order valence-electron chi connectivity index (χ1n) is 16.1. The normalized spacial score (nSPS) is 17.7. The zero-order valence-corrected chi connectivity index (χ0v) is 26.4. The van der Waals surface area contributed by atoms with Crippen LogP contribution in [0, 0.1) is 0 Å². The molecule has 0 bridgehead atoms. The molecule has 3 atom stereocenters. The summed E-state index contributed by atoms with van der Waals surface area (Å²) in [6.45, 7) is 2.70. The van der Waals surface area contributed by atoms with Crippen molar-refractivity contribution in [2.75, 3.05) is 11.9 Å². The fraction of sp³-hybridized carbons (Fsp3) is 0.225. The summed E-state index contributed by atoms with van der Waals surface area (Å²) in [7, 11) is 0. The third-order valence-electron chi connectivity index (χ3n) is 8.29. The zero-order valence-electron chi connectivity index (χ0n) is 26.4. The van der Waals surface area contributed by atoms with Gasteiger partial charge in [0.05, 0.1) is 18.8 Å². The molecule has 1 aliphatic heterocycles. The molecule has 47 heavy (non-hydrogen) atoms. The summed E-state index contributed by atoms with van der Waals surface area (Å²) in [6, 6.07) is 46.1. The van der Waals surface area contributed by atoms with Crippen LogP contribution in [-0.4, -0.2) is 28.7 Å². The van der Waals surface area contributed by atoms with Gasteiger partial charge in [0.1, 0.15) is 0 Å². The third-order valence-corrected chi connectivity index (χ3v) is 8.29. The molecule has 6 rings (SSSR count). The van der Waals surface area contributed by atoms with Crippen molar-refractivity contribution in [1.82, 2.24) is 10.2 Å². The van der Waals surface area contributed by atoms with Crippen LogP contribution in [0.25, 0.3) is 0 Å². The first kappa shape index (κ1) is 32.2. The molecule has 1 saturated heterocycles. The zero-order chi connectivity index (χ0) is 32.3. The number of rotatable bonds is 12. The van der Waals surface area contributed by atoms with Crippen LogP contribution < -0.4 is 10.6 Å². The maximum atomic E-state index is 12.7. The number of hydrogen-bond acceptors (Lipinski definition) is 5. The summed E-state index contributed by atoms with van der Waals surface area (Å²) < 4.78 is 13.3. The van der Waals surface area contributed by atoms with Gasteiger partial charge in [-0.25, -0.2) is 4.79 Å². The minimum Gasteiger partial charge on any atom is -0.392 e. The van der Waals surface area contributed by atoms with E-state index in [0.717, 1.165) is 35.3 Å². The molecule has 0 aliphatic carbocycles. The van der Waals surface area contributed by atoms with Gasteiger partial charge in [-0.05, 0) is 39.9 Å². The molecule has 240 valence electrons. The minimum atomic E-state index is -0.638. The van der Waals surface area contributed by atoms with Crippen molar-refractivity contribution in [2.24, 2.45) is 0 Å². The van der Waals surface area contributed by atoms with Crippen LogP contribution in [0.5, 0.6) is 0 Å². The summed E-state index contributed by atoms with van der Waals surface area (Å²) in [5.74, 6) is 0. The number of nitrogens with one attached hydrogen (secondary N) is 2. The number of nitrogens with zero attached hydrogens (tertiary/aromatic N) is 1. The fourth-order valence-electron chi connectivity index (χ4n) is 5.91. The Morgan fingerprint density at radius 1 is 0.681 bits per heavy atom. The molecule has 5 aromatic carbocycles. The van der Waals surface area contributed by atoms with Crippen molar-refractivity contribution >= 4 is 11.7 Å². The molecule has 0 saturated carbocycles. The minimum absolute atomic E-state index is 0.00713. The van der Waals surface area contributed by atoms with E-state index in [2.05, 4.69) is 64.1 Å². The largest absolute Gasteiger partial charge is 0.392 e. The summed E-state index contributed by atoms with van der Waals surface area (Å²) >= 11 is 0. The standard InChI is InChI=1S/C40H41N3O4/c44-29-33-19-21-34(22-20-33)38-24-37(28-43(26-31-13-6-2-7-14-31)27-32-15-8-3-9-16-32)46-39(47-38)35-17-10-18-36(23-35)42-40(45)41-25-30-11-4-1-5-12-30/h1-23,37-39,44H,24-29H2,(H2,41,42,45)/t37-,38+,39+/m0/s1. The number of aliphatic hydroxyl groups is 1. The molecule has 7 heteroatoms. The molecule has 0 aromatic heterocycles. The van der Waals surface area contributed by atoms with E-state index >= 15 is 0 Å². The van der Waals surface area contributed by atoms with Gasteiger partial charge in [0, 0.05) is 43.9 Å². The van der Waals surface area contributed by atoms with E-state index in [1.165, 1.54) is 11.1 Å². The predicted molar refractivity (Wildman–Crippen MR) is 184 cm³/mol. The van der Waals surface area contributed by atoms with Gasteiger partial charge >= 0.3 is 6.03 Å². The van der Waals surface area contributed by atoms with Crippen LogP contribution in [-0.2, 0) is 35.7 Å². The van der Waals surface area contributed by atoms with Crippen LogP contribution in [0.1, 0.15) is 52.2 Å². The first-order valence-corrected chi connectivity index (χ1v) is 16.1. The number of urea groups is 1. The molecule has 1 aliphatic rings. The quantitative estimate of drug-likeness (QED) is 0.132. The number of carbonyl (C=O) groups excluding carboxylic acids is 1. The lowest BCUT2D eigenvalue weighted by atomic mass is 9.99. The Morgan fingerprint density at radius 2 is 1.30 bits per heavy atom. The van der Waals surface area contributed by atoms with Gasteiger partial charge in [0.15, 0.2) is 6.29 Å². The fourth-order valence-corrected chi connectivity index (χ4v) is 5.91. The SMILES string of the molecule is O=C(NCc1ccccc1)Nc1cccc([C@@H]2O[C@H](CN(Cc3ccccc3)Cc3ccccc3)C[C@H](c3ccc(CO)cc3)O2)c1. The Bertz CT molecular complexity index is 1640. The second kappa shape index (κ2) is 16.2. The Kier molecular flexibility index (Phi) is 11.1. The number of aliphatic hydroxyl groups excluding tert-OH is 1. The van der Waals surface area contributed by atoms with E-state index in [0.29, 0.717) is 25.2 Å². The van der Waals surface area contributed by atoms with E-state index in [4.69, 9.17) is 9.47 Å². The van der Waals surface area contributed by atoms with Gasteiger partial charge in [0.2, 0.25) is 0 Å². The summed E-state index contributed by atoms with van der Waals surface area (Å²) in [4.78, 5) is 15.2. The van der Waals surface area contributed by atoms with Gasteiger partial charge in [-0.15, -0.1) is 0 Å². The highest BCUT2D eigenvalue weighted by Crippen LogP contribution is 2.39. The number of benzene rings is 5. The number of carbonyl (C=O) groups is 1. The van der Waals surface area contributed by atoms with Gasteiger partial charge in [-0.2, -0.15) is 0 Å². The Morgan fingerprint density at radius 3 is 1.91 bits per heavy atom. The van der Waals surface area contributed by atoms with Crippen molar-refractivity contribution in [1.29, 1.82) is 0 Å².